The zero-order valence-corrected chi connectivity index (χ0v) is 19.9. The van der Waals surface area contributed by atoms with Gasteiger partial charge in [-0.1, -0.05) is 18.2 Å². The molecule has 0 aliphatic carbocycles. The Labute approximate surface area is 209 Å². The maximum Gasteiger partial charge on any atom is 0.282 e. The number of anilines is 1. The Morgan fingerprint density at radius 2 is 1.84 bits per heavy atom. The van der Waals surface area contributed by atoms with Gasteiger partial charge in [-0.3, -0.25) is 9.36 Å². The number of nitrogens with zero attached hydrogens (tertiary/aromatic N) is 7. The Morgan fingerprint density at radius 3 is 2.59 bits per heavy atom. The quantitative estimate of drug-likeness (QED) is 0.381. The molecule has 0 saturated heterocycles. The van der Waals surface area contributed by atoms with E-state index in [-0.39, 0.29) is 17.1 Å². The van der Waals surface area contributed by atoms with Crippen molar-refractivity contribution >= 4 is 22.4 Å². The van der Waals surface area contributed by atoms with Crippen LogP contribution in [-0.2, 0) is 0 Å². The van der Waals surface area contributed by atoms with Crippen molar-refractivity contribution in [3.05, 3.63) is 94.7 Å². The van der Waals surface area contributed by atoms with Crippen LogP contribution in [0.2, 0.25) is 0 Å². The third-order valence-electron chi connectivity index (χ3n) is 6.34. The lowest BCUT2D eigenvalue weighted by Crippen LogP contribution is -2.29. The Hall–Kier alpha value is -5.06. The van der Waals surface area contributed by atoms with Gasteiger partial charge in [0, 0.05) is 17.8 Å². The van der Waals surface area contributed by atoms with Crippen LogP contribution in [0.3, 0.4) is 0 Å². The number of hydrogen-bond donors (Lipinski definition) is 2. The molecule has 0 unspecified atom stereocenters. The van der Waals surface area contributed by atoms with Crippen molar-refractivity contribution in [3.63, 3.8) is 0 Å². The fraction of sp³-hybridized carbons (Fsp3) is 0.115. The van der Waals surface area contributed by atoms with Gasteiger partial charge >= 0.3 is 0 Å². The lowest BCUT2D eigenvalue weighted by molar-refractivity contribution is 0.469. The van der Waals surface area contributed by atoms with E-state index in [1.54, 1.807) is 20.0 Å². The van der Waals surface area contributed by atoms with Crippen LogP contribution in [0.4, 0.5) is 10.2 Å². The standard InChI is InChI=1S/C26H21FN8O2/c1-14-8-9-33-22(14)26(37)34(18-6-4-3-5-7-18)24(32-33)15(2)35-25-20(23(28)29-13-30-25)21(31-35)16-10-17(27)12-19(36)11-16/h3-13,15,36H,1-2H3,(H2,28,29,30)/t15-/m1/s1. The van der Waals surface area contributed by atoms with Crippen LogP contribution in [-0.4, -0.2) is 39.0 Å². The third kappa shape index (κ3) is 3.51. The number of para-hydroxylation sites is 1. The number of phenols is 1. The Bertz CT molecular complexity index is 1850. The van der Waals surface area contributed by atoms with Gasteiger partial charge in [-0.15, -0.1) is 0 Å². The van der Waals surface area contributed by atoms with Gasteiger partial charge in [0.15, 0.2) is 11.5 Å². The number of hydrogen-bond acceptors (Lipinski definition) is 7. The molecule has 3 N–H and O–H groups in total. The van der Waals surface area contributed by atoms with Gasteiger partial charge in [0.2, 0.25) is 0 Å². The number of benzene rings is 2. The molecule has 0 fully saturated rings. The Balaban J connectivity index is 1.65. The molecule has 0 bridgehead atoms. The first-order valence-corrected chi connectivity index (χ1v) is 11.5. The molecule has 0 radical (unpaired) electrons. The molecular weight excluding hydrogens is 475 g/mol. The summed E-state index contributed by atoms with van der Waals surface area (Å²) >= 11 is 0. The second kappa shape index (κ2) is 8.26. The number of aromatic hydroxyl groups is 1. The topological polar surface area (TPSA) is 129 Å². The van der Waals surface area contributed by atoms with E-state index >= 15 is 0 Å². The largest absolute Gasteiger partial charge is 0.508 e. The summed E-state index contributed by atoms with van der Waals surface area (Å²) in [6.45, 7) is 3.69. The molecule has 11 heteroatoms. The first kappa shape index (κ1) is 22.4. The van der Waals surface area contributed by atoms with Crippen molar-refractivity contribution in [1.82, 2.24) is 33.9 Å². The van der Waals surface area contributed by atoms with Gasteiger partial charge in [-0.05, 0) is 49.7 Å². The monoisotopic (exact) mass is 496 g/mol. The van der Waals surface area contributed by atoms with E-state index in [0.29, 0.717) is 39.3 Å². The van der Waals surface area contributed by atoms with Gasteiger partial charge in [0.05, 0.1) is 11.1 Å². The molecule has 0 aliphatic heterocycles. The van der Waals surface area contributed by atoms with Crippen LogP contribution < -0.4 is 11.3 Å². The smallest absolute Gasteiger partial charge is 0.282 e. The molecular formula is C26H21FN8O2. The van der Waals surface area contributed by atoms with Crippen LogP contribution in [0, 0.1) is 12.7 Å². The van der Waals surface area contributed by atoms with E-state index in [1.807, 2.05) is 50.2 Å². The van der Waals surface area contributed by atoms with Crippen molar-refractivity contribution in [2.45, 2.75) is 19.9 Å². The first-order valence-electron chi connectivity index (χ1n) is 11.5. The van der Waals surface area contributed by atoms with Crippen LogP contribution in [0.5, 0.6) is 5.75 Å². The summed E-state index contributed by atoms with van der Waals surface area (Å²) in [5, 5.41) is 19.9. The average Bonchev–Trinajstić information content (AvgIpc) is 3.45. The Kier molecular flexibility index (Phi) is 5.00. The molecule has 0 spiro atoms. The second-order valence-corrected chi connectivity index (χ2v) is 8.75. The van der Waals surface area contributed by atoms with Crippen molar-refractivity contribution in [1.29, 1.82) is 0 Å². The number of aromatic nitrogens is 7. The van der Waals surface area contributed by atoms with Crippen molar-refractivity contribution in [2.75, 3.05) is 5.73 Å². The van der Waals surface area contributed by atoms with Gasteiger partial charge in [0.25, 0.3) is 5.56 Å². The molecule has 37 heavy (non-hydrogen) atoms. The summed E-state index contributed by atoms with van der Waals surface area (Å²) in [6, 6.07) is 14.1. The van der Waals surface area contributed by atoms with Crippen LogP contribution in [0.25, 0.3) is 33.5 Å². The van der Waals surface area contributed by atoms with Gasteiger partial charge < -0.3 is 10.8 Å². The highest BCUT2D eigenvalue weighted by molar-refractivity contribution is 5.98. The minimum Gasteiger partial charge on any atom is -0.508 e. The maximum atomic E-state index is 14.2. The lowest BCUT2D eigenvalue weighted by Gasteiger charge is -2.19. The Morgan fingerprint density at radius 1 is 1.05 bits per heavy atom. The van der Waals surface area contributed by atoms with E-state index in [0.717, 1.165) is 11.6 Å². The second-order valence-electron chi connectivity index (χ2n) is 8.75. The first-order chi connectivity index (χ1) is 17.8. The summed E-state index contributed by atoms with van der Waals surface area (Å²) in [5.41, 5.74) is 8.86. The van der Waals surface area contributed by atoms with Gasteiger partial charge in [-0.2, -0.15) is 10.2 Å². The van der Waals surface area contributed by atoms with Crippen LogP contribution >= 0.6 is 0 Å². The zero-order chi connectivity index (χ0) is 25.8. The number of nitrogens with two attached hydrogens (primary N) is 1. The minimum atomic E-state index is -0.630. The number of fused-ring (bicyclic) bond motifs is 2. The van der Waals surface area contributed by atoms with Crippen molar-refractivity contribution in [2.24, 2.45) is 0 Å². The molecule has 184 valence electrons. The average molecular weight is 497 g/mol. The molecule has 0 amide bonds. The molecule has 6 aromatic rings. The molecule has 10 nitrogen and oxygen atoms in total. The number of rotatable bonds is 4. The minimum absolute atomic E-state index is 0.145. The fourth-order valence-electron chi connectivity index (χ4n) is 4.62. The summed E-state index contributed by atoms with van der Waals surface area (Å²) in [4.78, 5) is 22.2. The number of halogens is 1. The number of nitrogen functional groups attached to an aromatic ring is 1. The van der Waals surface area contributed by atoms with Gasteiger partial charge in [0.1, 0.15) is 41.0 Å². The highest BCUT2D eigenvalue weighted by atomic mass is 19.1. The molecule has 4 heterocycles. The van der Waals surface area contributed by atoms with E-state index in [9.17, 15) is 14.3 Å². The fourth-order valence-corrected chi connectivity index (χ4v) is 4.62. The molecule has 0 saturated carbocycles. The van der Waals surface area contributed by atoms with Gasteiger partial charge in [-0.25, -0.2) is 23.6 Å². The molecule has 0 aliphatic rings. The predicted octanol–water partition coefficient (Wildman–Crippen LogP) is 3.64. The van der Waals surface area contributed by atoms with Crippen molar-refractivity contribution < 1.29 is 9.50 Å². The van der Waals surface area contributed by atoms with Crippen molar-refractivity contribution in [3.8, 4) is 22.7 Å². The number of phenolic OH excluding ortho intramolecular Hbond substituents is 1. The molecule has 6 rings (SSSR count). The lowest BCUT2D eigenvalue weighted by atomic mass is 10.1. The molecule has 4 aromatic heterocycles. The molecule has 2 aromatic carbocycles. The van der Waals surface area contributed by atoms with E-state index in [4.69, 9.17) is 15.9 Å². The normalized spacial score (nSPS) is 12.4. The highest BCUT2D eigenvalue weighted by Crippen LogP contribution is 2.34. The molecule has 1 atom stereocenters. The third-order valence-corrected chi connectivity index (χ3v) is 6.34. The highest BCUT2D eigenvalue weighted by Gasteiger charge is 2.26. The maximum absolute atomic E-state index is 14.2. The van der Waals surface area contributed by atoms with Crippen LogP contribution in [0.1, 0.15) is 24.4 Å². The summed E-state index contributed by atoms with van der Waals surface area (Å²) in [5.74, 6) is -0.343. The SMILES string of the molecule is Cc1ccn2nc([C@@H](C)n3nc(-c4cc(O)cc(F)c4)c4c(N)ncnc43)n(-c3ccccc3)c(=O)c12. The van der Waals surface area contributed by atoms with E-state index in [1.165, 1.54) is 18.5 Å². The summed E-state index contributed by atoms with van der Waals surface area (Å²) in [7, 11) is 0. The predicted molar refractivity (Wildman–Crippen MR) is 136 cm³/mol. The van der Waals surface area contributed by atoms with E-state index in [2.05, 4.69) is 9.97 Å². The summed E-state index contributed by atoms with van der Waals surface area (Å²) < 4.78 is 18.9. The zero-order valence-electron chi connectivity index (χ0n) is 19.9. The van der Waals surface area contributed by atoms with Crippen LogP contribution in [0.15, 0.2) is 71.9 Å². The number of aryl methyl sites for hydroxylation is 1. The summed E-state index contributed by atoms with van der Waals surface area (Å²) in [6.07, 6.45) is 3.05. The van der Waals surface area contributed by atoms with E-state index < -0.39 is 11.9 Å².